The number of carbonyl (C=O) groups is 1. The van der Waals surface area contributed by atoms with Gasteiger partial charge in [-0.1, -0.05) is 35.9 Å². The van der Waals surface area contributed by atoms with Gasteiger partial charge in [-0.2, -0.15) is 13.2 Å². The molecule has 0 aliphatic carbocycles. The molecule has 0 spiro atoms. The fourth-order valence-corrected chi connectivity index (χ4v) is 3.30. The Morgan fingerprint density at radius 3 is 2.34 bits per heavy atom. The second-order valence-corrected chi connectivity index (χ2v) is 7.43. The predicted octanol–water partition coefficient (Wildman–Crippen LogP) is 6.55. The molecule has 3 aromatic carbocycles. The van der Waals surface area contributed by atoms with Gasteiger partial charge in [-0.25, -0.2) is 4.99 Å². The first kappa shape index (κ1) is 21.4. The van der Waals surface area contributed by atoms with Gasteiger partial charge in [-0.05, 0) is 61.9 Å². The summed E-state index contributed by atoms with van der Waals surface area (Å²) in [6.07, 6.45) is -4.44. The smallest absolute Gasteiger partial charge is 0.416 e. The molecule has 162 valence electrons. The van der Waals surface area contributed by atoms with Gasteiger partial charge in [0, 0.05) is 11.1 Å². The number of hydrogen-bond donors (Lipinski definition) is 1. The molecule has 1 N–H and O–H groups in total. The van der Waals surface area contributed by atoms with E-state index >= 15 is 0 Å². The van der Waals surface area contributed by atoms with E-state index in [1.165, 1.54) is 12.1 Å². The Bertz CT molecular complexity index is 1370. The molecule has 1 heterocycles. The van der Waals surface area contributed by atoms with Gasteiger partial charge in [0.2, 0.25) is 5.55 Å². The lowest BCUT2D eigenvalue weighted by Gasteiger charge is -2.10. The molecular formula is C25H19F3N2O2. The summed E-state index contributed by atoms with van der Waals surface area (Å²) in [5, 5.41) is 3.56. The highest BCUT2D eigenvalue weighted by atomic mass is 19.4. The summed E-state index contributed by atoms with van der Waals surface area (Å²) in [5.41, 5.74) is 2.75. The van der Waals surface area contributed by atoms with E-state index in [1.54, 1.807) is 24.3 Å². The maximum absolute atomic E-state index is 13.1. The molecule has 0 aliphatic rings. The van der Waals surface area contributed by atoms with E-state index < -0.39 is 17.6 Å². The molecule has 0 saturated carbocycles. The number of fused-ring (bicyclic) bond motifs is 1. The van der Waals surface area contributed by atoms with Gasteiger partial charge >= 0.3 is 6.18 Å². The molecule has 0 fully saturated rings. The number of amides is 1. The topological polar surface area (TPSA) is 54.6 Å². The van der Waals surface area contributed by atoms with Crippen LogP contribution in [0.5, 0.6) is 0 Å². The number of para-hydroxylation sites is 1. The highest BCUT2D eigenvalue weighted by Gasteiger charge is 2.29. The van der Waals surface area contributed by atoms with E-state index in [0.29, 0.717) is 16.7 Å². The van der Waals surface area contributed by atoms with Crippen LogP contribution < -0.4 is 10.9 Å². The van der Waals surface area contributed by atoms with Crippen molar-refractivity contribution in [2.24, 2.45) is 4.99 Å². The molecule has 1 aromatic heterocycles. The number of anilines is 1. The molecule has 0 radical (unpaired) electrons. The zero-order valence-electron chi connectivity index (χ0n) is 17.3. The molecule has 4 rings (SSSR count). The molecule has 0 bridgehead atoms. The van der Waals surface area contributed by atoms with Crippen molar-refractivity contribution >= 4 is 28.3 Å². The van der Waals surface area contributed by atoms with Crippen molar-refractivity contribution in [2.45, 2.75) is 20.0 Å². The van der Waals surface area contributed by atoms with Crippen molar-refractivity contribution in [1.29, 1.82) is 0 Å². The summed E-state index contributed by atoms with van der Waals surface area (Å²) in [4.78, 5) is 17.4. The fourth-order valence-electron chi connectivity index (χ4n) is 3.30. The molecule has 0 aliphatic heterocycles. The average molecular weight is 436 g/mol. The standard InChI is InChI=1S/C25H19F3N2O2/c1-15-7-12-21(16(2)13-15)30-23(31)20-14-17-5-3-4-6-22(17)32-24(20)29-19-10-8-18(9-11-19)25(26,27)28/h3-14H,1-2H3,(H,30,31). The minimum atomic E-state index is -4.44. The summed E-state index contributed by atoms with van der Waals surface area (Å²) in [7, 11) is 0. The predicted molar refractivity (Wildman–Crippen MR) is 117 cm³/mol. The number of nitrogens with zero attached hydrogens (tertiary/aromatic N) is 1. The van der Waals surface area contributed by atoms with Crippen molar-refractivity contribution in [3.05, 3.63) is 101 Å². The van der Waals surface area contributed by atoms with Crippen molar-refractivity contribution in [1.82, 2.24) is 0 Å². The number of nitrogens with one attached hydrogen (secondary N) is 1. The second-order valence-electron chi connectivity index (χ2n) is 7.43. The third-order valence-corrected chi connectivity index (χ3v) is 4.96. The molecule has 4 nitrogen and oxygen atoms in total. The van der Waals surface area contributed by atoms with Gasteiger partial charge in [0.05, 0.1) is 11.3 Å². The Balaban J connectivity index is 1.80. The summed E-state index contributed by atoms with van der Waals surface area (Å²) in [5.74, 6) is -0.433. The summed E-state index contributed by atoms with van der Waals surface area (Å²) in [6, 6.07) is 18.8. The van der Waals surface area contributed by atoms with Crippen LogP contribution in [0.3, 0.4) is 0 Å². The van der Waals surface area contributed by atoms with Gasteiger partial charge < -0.3 is 9.73 Å². The third kappa shape index (κ3) is 4.56. The third-order valence-electron chi connectivity index (χ3n) is 4.96. The van der Waals surface area contributed by atoms with E-state index in [1.807, 2.05) is 38.1 Å². The van der Waals surface area contributed by atoms with Crippen LogP contribution >= 0.6 is 0 Å². The lowest BCUT2D eigenvalue weighted by molar-refractivity contribution is -0.137. The minimum absolute atomic E-state index is 0.00530. The number of alkyl halides is 3. The number of rotatable bonds is 3. The van der Waals surface area contributed by atoms with Crippen molar-refractivity contribution in [3.63, 3.8) is 0 Å². The van der Waals surface area contributed by atoms with Crippen LogP contribution in [0, 0.1) is 13.8 Å². The first-order chi connectivity index (χ1) is 15.2. The number of benzene rings is 3. The zero-order valence-corrected chi connectivity index (χ0v) is 17.3. The van der Waals surface area contributed by atoms with Gasteiger partial charge in [-0.3, -0.25) is 4.79 Å². The van der Waals surface area contributed by atoms with Crippen LogP contribution in [-0.4, -0.2) is 5.91 Å². The summed E-state index contributed by atoms with van der Waals surface area (Å²) in [6.45, 7) is 3.85. The van der Waals surface area contributed by atoms with Crippen molar-refractivity contribution in [3.8, 4) is 0 Å². The van der Waals surface area contributed by atoms with Crippen LogP contribution in [0.25, 0.3) is 11.0 Å². The van der Waals surface area contributed by atoms with E-state index in [2.05, 4.69) is 10.3 Å². The Morgan fingerprint density at radius 1 is 0.938 bits per heavy atom. The number of hydrogen-bond acceptors (Lipinski definition) is 3. The van der Waals surface area contributed by atoms with Gasteiger partial charge in [0.15, 0.2) is 0 Å². The largest absolute Gasteiger partial charge is 0.438 e. The average Bonchev–Trinajstić information content (AvgIpc) is 2.75. The summed E-state index contributed by atoms with van der Waals surface area (Å²) < 4.78 is 44.4. The van der Waals surface area contributed by atoms with Crippen LogP contribution in [0.15, 0.2) is 82.2 Å². The maximum Gasteiger partial charge on any atom is 0.416 e. The van der Waals surface area contributed by atoms with Crippen LogP contribution in [-0.2, 0) is 6.18 Å². The lowest BCUT2D eigenvalue weighted by Crippen LogP contribution is -2.22. The lowest BCUT2D eigenvalue weighted by atomic mass is 10.1. The van der Waals surface area contributed by atoms with Gasteiger partial charge in [0.25, 0.3) is 5.91 Å². The number of halogens is 3. The quantitative estimate of drug-likeness (QED) is 0.396. The molecule has 0 atom stereocenters. The first-order valence-corrected chi connectivity index (χ1v) is 9.84. The fraction of sp³-hybridized carbons (Fsp3) is 0.120. The van der Waals surface area contributed by atoms with Crippen LogP contribution in [0.4, 0.5) is 24.5 Å². The summed E-state index contributed by atoms with van der Waals surface area (Å²) >= 11 is 0. The Hall–Kier alpha value is -3.87. The molecule has 1 amide bonds. The number of carbonyl (C=O) groups excluding carboxylic acids is 1. The normalized spacial score (nSPS) is 12.2. The van der Waals surface area contributed by atoms with Crippen molar-refractivity contribution < 1.29 is 22.4 Å². The van der Waals surface area contributed by atoms with Crippen LogP contribution in [0.1, 0.15) is 27.0 Å². The molecule has 32 heavy (non-hydrogen) atoms. The Kier molecular flexibility index (Phi) is 5.57. The van der Waals surface area contributed by atoms with Gasteiger partial charge in [-0.15, -0.1) is 0 Å². The molecular weight excluding hydrogens is 417 g/mol. The Labute approximate surface area is 182 Å². The monoisotopic (exact) mass is 436 g/mol. The van der Waals surface area contributed by atoms with E-state index in [4.69, 9.17) is 4.42 Å². The zero-order chi connectivity index (χ0) is 22.9. The highest BCUT2D eigenvalue weighted by molar-refractivity contribution is 6.05. The highest BCUT2D eigenvalue weighted by Crippen LogP contribution is 2.30. The molecule has 0 unspecified atom stereocenters. The second kappa shape index (κ2) is 8.34. The van der Waals surface area contributed by atoms with E-state index in [-0.39, 0.29) is 16.8 Å². The Morgan fingerprint density at radius 2 is 1.66 bits per heavy atom. The molecule has 0 saturated heterocycles. The van der Waals surface area contributed by atoms with E-state index in [9.17, 15) is 18.0 Å². The maximum atomic E-state index is 13.1. The van der Waals surface area contributed by atoms with Crippen molar-refractivity contribution in [2.75, 3.05) is 5.32 Å². The van der Waals surface area contributed by atoms with Crippen LogP contribution in [0.2, 0.25) is 0 Å². The van der Waals surface area contributed by atoms with E-state index in [0.717, 1.165) is 23.3 Å². The first-order valence-electron chi connectivity index (χ1n) is 9.84. The number of aryl methyl sites for hydroxylation is 2. The van der Waals surface area contributed by atoms with Gasteiger partial charge in [0.1, 0.15) is 11.1 Å². The molecule has 7 heteroatoms. The SMILES string of the molecule is Cc1ccc(NC(=O)c2cc3ccccc3oc2=Nc2ccc(C(F)(F)F)cc2)c(C)c1. The minimum Gasteiger partial charge on any atom is -0.438 e. The molecule has 4 aromatic rings.